The number of hydrogen-bond acceptors (Lipinski definition) is 6. The largest absolute Gasteiger partial charge is 0.418 e. The molecule has 35 heavy (non-hydrogen) atoms. The Morgan fingerprint density at radius 2 is 1.94 bits per heavy atom. The summed E-state index contributed by atoms with van der Waals surface area (Å²) in [7, 11) is 0. The number of aromatic nitrogens is 3. The number of rotatable bonds is 6. The van der Waals surface area contributed by atoms with Gasteiger partial charge in [0.05, 0.1) is 29.3 Å². The number of halogens is 3. The average Bonchev–Trinajstić information content (AvgIpc) is 3.21. The topological polar surface area (TPSA) is 100 Å². The maximum absolute atomic E-state index is 13.4. The maximum Gasteiger partial charge on any atom is 0.418 e. The molecule has 2 aromatic heterocycles. The number of carbonyl (C=O) groups excluding carboxylic acids is 2. The van der Waals surface area contributed by atoms with Crippen molar-refractivity contribution in [2.45, 2.75) is 44.5 Å². The van der Waals surface area contributed by atoms with E-state index in [0.29, 0.717) is 23.0 Å². The molecule has 3 aromatic rings. The highest BCUT2D eigenvalue weighted by Gasteiger charge is 2.36. The Balaban J connectivity index is 1.66. The number of amides is 1. The van der Waals surface area contributed by atoms with Gasteiger partial charge in [-0.1, -0.05) is 0 Å². The molecule has 1 aliphatic rings. The molecule has 186 valence electrons. The molecule has 1 amide bonds. The Morgan fingerprint density at radius 3 is 2.57 bits per heavy atom. The number of aliphatic hydroxyl groups is 1. The molecule has 1 saturated heterocycles. The van der Waals surface area contributed by atoms with Gasteiger partial charge in [0.15, 0.2) is 0 Å². The van der Waals surface area contributed by atoms with Crippen molar-refractivity contribution < 1.29 is 27.9 Å². The lowest BCUT2D eigenvalue weighted by Gasteiger charge is -2.30. The molecule has 11 heteroatoms. The van der Waals surface area contributed by atoms with Gasteiger partial charge in [-0.15, -0.1) is 0 Å². The molecule has 8 nitrogen and oxygen atoms in total. The van der Waals surface area contributed by atoms with Crippen LogP contribution in [0.1, 0.15) is 54.3 Å². The van der Waals surface area contributed by atoms with Gasteiger partial charge >= 0.3 is 6.18 Å². The van der Waals surface area contributed by atoms with Crippen LogP contribution in [0.5, 0.6) is 0 Å². The Morgan fingerprint density at radius 1 is 1.23 bits per heavy atom. The van der Waals surface area contributed by atoms with Crippen LogP contribution in [0.4, 0.5) is 18.9 Å². The molecule has 0 radical (unpaired) electrons. The van der Waals surface area contributed by atoms with E-state index < -0.39 is 28.9 Å². The van der Waals surface area contributed by atoms with Gasteiger partial charge in [0.1, 0.15) is 12.0 Å². The van der Waals surface area contributed by atoms with Crippen molar-refractivity contribution in [1.29, 1.82) is 0 Å². The molecule has 0 atom stereocenters. The van der Waals surface area contributed by atoms with Gasteiger partial charge in [0.2, 0.25) is 0 Å². The lowest BCUT2D eigenvalue weighted by molar-refractivity contribution is -0.138. The van der Waals surface area contributed by atoms with Gasteiger partial charge in [-0.3, -0.25) is 19.4 Å². The number of aldehydes is 1. The predicted molar refractivity (Wildman–Crippen MR) is 123 cm³/mol. The summed E-state index contributed by atoms with van der Waals surface area (Å²) in [5.41, 5.74) is -2.22. The molecular weight excluding hydrogens is 463 g/mol. The van der Waals surface area contributed by atoms with Gasteiger partial charge < -0.3 is 15.2 Å². The van der Waals surface area contributed by atoms with Crippen molar-refractivity contribution in [2.75, 3.05) is 25.0 Å². The van der Waals surface area contributed by atoms with E-state index in [1.165, 1.54) is 13.8 Å². The van der Waals surface area contributed by atoms with Crippen molar-refractivity contribution in [2.24, 2.45) is 0 Å². The van der Waals surface area contributed by atoms with E-state index in [0.717, 1.165) is 50.5 Å². The van der Waals surface area contributed by atoms with Gasteiger partial charge in [0, 0.05) is 42.1 Å². The maximum atomic E-state index is 13.4. The van der Waals surface area contributed by atoms with Crippen LogP contribution < -0.4 is 5.32 Å². The van der Waals surface area contributed by atoms with Crippen LogP contribution >= 0.6 is 0 Å². The second kappa shape index (κ2) is 9.38. The fraction of sp³-hybridized carbons (Fsp3) is 0.417. The zero-order chi connectivity index (χ0) is 25.4. The van der Waals surface area contributed by atoms with Crippen LogP contribution in [0.25, 0.3) is 10.9 Å². The zero-order valence-electron chi connectivity index (χ0n) is 19.3. The Bertz CT molecular complexity index is 1240. The minimum absolute atomic E-state index is 0.122. The molecule has 0 unspecified atom stereocenters. The summed E-state index contributed by atoms with van der Waals surface area (Å²) >= 11 is 0. The first-order valence-electron chi connectivity index (χ1n) is 11.2. The number of anilines is 1. The van der Waals surface area contributed by atoms with Crippen LogP contribution in [0.15, 0.2) is 36.7 Å². The minimum atomic E-state index is -4.74. The lowest BCUT2D eigenvalue weighted by atomic mass is 9.95. The first-order chi connectivity index (χ1) is 16.5. The third kappa shape index (κ3) is 5.35. The van der Waals surface area contributed by atoms with E-state index in [2.05, 4.69) is 20.3 Å². The molecule has 3 heterocycles. The summed E-state index contributed by atoms with van der Waals surface area (Å²) in [6.45, 7) is 4.97. The molecule has 2 N–H and O–H groups in total. The van der Waals surface area contributed by atoms with E-state index in [9.17, 15) is 27.9 Å². The Labute approximate surface area is 199 Å². The number of benzene rings is 1. The van der Waals surface area contributed by atoms with E-state index in [1.54, 1.807) is 12.1 Å². The molecule has 4 rings (SSSR count). The summed E-state index contributed by atoms with van der Waals surface area (Å²) in [4.78, 5) is 29.3. The number of hydrogen-bond donors (Lipinski definition) is 2. The summed E-state index contributed by atoms with van der Waals surface area (Å²) in [6, 6.07) is 5.27. The zero-order valence-corrected chi connectivity index (χ0v) is 19.3. The molecular formula is C24H26F3N5O3. The molecule has 0 spiro atoms. The second-order valence-corrected chi connectivity index (χ2v) is 9.17. The molecule has 0 aliphatic carbocycles. The van der Waals surface area contributed by atoms with E-state index in [1.807, 2.05) is 10.9 Å². The fourth-order valence-electron chi connectivity index (χ4n) is 4.36. The summed E-state index contributed by atoms with van der Waals surface area (Å²) in [5.74, 6) is -1.03. The van der Waals surface area contributed by atoms with E-state index in [-0.39, 0.29) is 11.7 Å². The van der Waals surface area contributed by atoms with Gasteiger partial charge in [-0.05, 0) is 51.0 Å². The molecule has 1 fully saturated rings. The first-order valence-corrected chi connectivity index (χ1v) is 11.2. The number of carbonyl (C=O) groups is 2. The van der Waals surface area contributed by atoms with Crippen LogP contribution in [-0.2, 0) is 16.6 Å². The quantitative estimate of drug-likeness (QED) is 0.512. The fourth-order valence-corrected chi connectivity index (χ4v) is 4.36. The molecule has 1 aromatic carbocycles. The number of nitrogens with zero attached hydrogens (tertiary/aromatic N) is 4. The van der Waals surface area contributed by atoms with Gasteiger partial charge in [-0.2, -0.15) is 18.3 Å². The van der Waals surface area contributed by atoms with Crippen LogP contribution in [0.3, 0.4) is 0 Å². The Hall–Kier alpha value is -3.31. The highest BCUT2D eigenvalue weighted by atomic mass is 19.4. The van der Waals surface area contributed by atoms with Crippen molar-refractivity contribution in [3.05, 3.63) is 53.5 Å². The summed E-state index contributed by atoms with van der Waals surface area (Å²) < 4.78 is 42.0. The van der Waals surface area contributed by atoms with Crippen LogP contribution in [-0.4, -0.2) is 56.6 Å². The highest BCUT2D eigenvalue weighted by Crippen LogP contribution is 2.35. The number of alkyl halides is 3. The minimum Gasteiger partial charge on any atom is -0.386 e. The van der Waals surface area contributed by atoms with Gasteiger partial charge in [-0.25, -0.2) is 0 Å². The van der Waals surface area contributed by atoms with Gasteiger partial charge in [0.25, 0.3) is 5.91 Å². The predicted octanol–water partition coefficient (Wildman–Crippen LogP) is 3.77. The number of fused-ring (bicyclic) bond motifs is 1. The van der Waals surface area contributed by atoms with Crippen LogP contribution in [0.2, 0.25) is 0 Å². The average molecular weight is 489 g/mol. The Kier molecular flexibility index (Phi) is 6.65. The van der Waals surface area contributed by atoms with Crippen LogP contribution in [0, 0.1) is 0 Å². The number of piperidine rings is 1. The third-order valence-corrected chi connectivity index (χ3v) is 6.16. The number of likely N-dealkylation sites (tertiary alicyclic amines) is 1. The molecule has 0 bridgehead atoms. The second-order valence-electron chi connectivity index (χ2n) is 9.17. The van der Waals surface area contributed by atoms with E-state index in [4.69, 9.17) is 0 Å². The third-order valence-electron chi connectivity index (χ3n) is 6.16. The van der Waals surface area contributed by atoms with E-state index >= 15 is 0 Å². The molecule has 1 aliphatic heterocycles. The SMILES string of the molecule is CC(C)(O)c1cc2nn(C3CCN(CC=O)CC3)cc2cc1NC(=O)c1ncccc1C(F)(F)F. The monoisotopic (exact) mass is 489 g/mol. The van der Waals surface area contributed by atoms with Crippen molar-refractivity contribution >= 4 is 28.8 Å². The normalized spacial score (nSPS) is 15.9. The van der Waals surface area contributed by atoms with Crippen molar-refractivity contribution in [3.8, 4) is 0 Å². The first kappa shape index (κ1) is 24.8. The molecule has 0 saturated carbocycles. The summed E-state index contributed by atoms with van der Waals surface area (Å²) in [6.07, 6.45) is 0.703. The number of nitrogens with one attached hydrogen (secondary N) is 1. The van der Waals surface area contributed by atoms with Crippen molar-refractivity contribution in [1.82, 2.24) is 19.7 Å². The highest BCUT2D eigenvalue weighted by molar-refractivity contribution is 6.05. The standard InChI is InChI=1S/C24H26F3N5O3/c1-23(2,35)18-13-19-15(14-32(30-19)16-5-8-31(9-6-16)10-11-33)12-20(18)29-22(34)21-17(24(25,26)27)4-3-7-28-21/h3-4,7,11-14,16,35H,5-6,8-10H2,1-2H3,(H,29,34). The number of pyridine rings is 1. The lowest BCUT2D eigenvalue weighted by Crippen LogP contribution is -2.35. The van der Waals surface area contributed by atoms with Crippen molar-refractivity contribution in [3.63, 3.8) is 0 Å². The summed E-state index contributed by atoms with van der Waals surface area (Å²) in [5, 5.41) is 18.5. The smallest absolute Gasteiger partial charge is 0.386 e.